The molecule has 0 radical (unpaired) electrons. The molecular weight excluding hydrogens is 318 g/mol. The molecule has 1 aromatic carbocycles. The Hall–Kier alpha value is -1.40. The molecule has 1 aliphatic carbocycles. The number of nitrogens with one attached hydrogen (secondary N) is 1. The van der Waals surface area contributed by atoms with Gasteiger partial charge in [0.05, 0.1) is 10.8 Å². The Kier molecular flexibility index (Phi) is 4.23. The first-order chi connectivity index (χ1) is 10.5. The molecule has 1 heterocycles. The van der Waals surface area contributed by atoms with Crippen LogP contribution in [0.4, 0.5) is 0 Å². The van der Waals surface area contributed by atoms with Crippen LogP contribution in [-0.4, -0.2) is 31.9 Å². The number of fused-ring (bicyclic) bond motifs is 1. The van der Waals surface area contributed by atoms with Crippen molar-refractivity contribution < 1.29 is 13.2 Å². The van der Waals surface area contributed by atoms with E-state index in [0.29, 0.717) is 12.0 Å². The maximum atomic E-state index is 12.6. The van der Waals surface area contributed by atoms with Crippen LogP contribution in [0.3, 0.4) is 0 Å². The Labute approximate surface area is 134 Å². The standard InChI is InChI=1S/C16H19NO3S2/c1-22(19,20)15-9-5-3-7-13(15)17-16(18)12-10-21-14-8-4-2-6-11(12)14/h2,4,6,8,10,13,15H,3,5,7,9H2,1H3,(H,17,18)/t13-,15-/m1/s1. The lowest BCUT2D eigenvalue weighted by molar-refractivity contribution is 0.0931. The smallest absolute Gasteiger partial charge is 0.253 e. The minimum Gasteiger partial charge on any atom is -0.348 e. The molecule has 0 saturated heterocycles. The van der Waals surface area contributed by atoms with E-state index in [4.69, 9.17) is 0 Å². The lowest BCUT2D eigenvalue weighted by atomic mass is 9.94. The van der Waals surface area contributed by atoms with Gasteiger partial charge in [0.25, 0.3) is 5.91 Å². The summed E-state index contributed by atoms with van der Waals surface area (Å²) >= 11 is 1.53. The van der Waals surface area contributed by atoms with Gasteiger partial charge in [-0.1, -0.05) is 31.0 Å². The fourth-order valence-electron chi connectivity index (χ4n) is 3.17. The number of hydrogen-bond acceptors (Lipinski definition) is 4. The van der Waals surface area contributed by atoms with Crippen molar-refractivity contribution >= 4 is 37.2 Å². The van der Waals surface area contributed by atoms with E-state index < -0.39 is 15.1 Å². The first-order valence-electron chi connectivity index (χ1n) is 7.43. The minimum atomic E-state index is -3.14. The third-order valence-electron chi connectivity index (χ3n) is 4.29. The molecule has 22 heavy (non-hydrogen) atoms. The van der Waals surface area contributed by atoms with Crippen LogP contribution in [0.5, 0.6) is 0 Å². The van der Waals surface area contributed by atoms with E-state index in [9.17, 15) is 13.2 Å². The van der Waals surface area contributed by atoms with Crippen molar-refractivity contribution in [3.63, 3.8) is 0 Å². The topological polar surface area (TPSA) is 63.2 Å². The molecule has 1 amide bonds. The number of amides is 1. The van der Waals surface area contributed by atoms with E-state index in [1.54, 1.807) is 0 Å². The second-order valence-corrected chi connectivity index (χ2v) is 9.05. The van der Waals surface area contributed by atoms with Gasteiger partial charge in [-0.3, -0.25) is 4.79 Å². The Balaban J connectivity index is 1.84. The van der Waals surface area contributed by atoms with Crippen LogP contribution in [0, 0.1) is 0 Å². The molecule has 2 aromatic rings. The van der Waals surface area contributed by atoms with Crippen LogP contribution in [0.1, 0.15) is 36.0 Å². The monoisotopic (exact) mass is 337 g/mol. The largest absolute Gasteiger partial charge is 0.348 e. The molecule has 3 rings (SSSR count). The van der Waals surface area contributed by atoms with Crippen LogP contribution in [0.15, 0.2) is 29.6 Å². The lowest BCUT2D eigenvalue weighted by Gasteiger charge is -2.30. The summed E-state index contributed by atoms with van der Waals surface area (Å²) in [6, 6.07) is 7.48. The van der Waals surface area contributed by atoms with Gasteiger partial charge in [0.1, 0.15) is 0 Å². The Morgan fingerprint density at radius 1 is 1.23 bits per heavy atom. The van der Waals surface area contributed by atoms with E-state index in [0.717, 1.165) is 29.3 Å². The highest BCUT2D eigenvalue weighted by atomic mass is 32.2. The summed E-state index contributed by atoms with van der Waals surface area (Å²) < 4.78 is 24.9. The van der Waals surface area contributed by atoms with Gasteiger partial charge in [-0.25, -0.2) is 8.42 Å². The third kappa shape index (κ3) is 3.03. The number of sulfone groups is 1. The summed E-state index contributed by atoms with van der Waals surface area (Å²) in [6.07, 6.45) is 4.49. The zero-order valence-corrected chi connectivity index (χ0v) is 14.0. The van der Waals surface area contributed by atoms with E-state index in [1.165, 1.54) is 17.6 Å². The summed E-state index contributed by atoms with van der Waals surface area (Å²) in [7, 11) is -3.14. The molecule has 1 N–H and O–H groups in total. The molecule has 1 aromatic heterocycles. The van der Waals surface area contributed by atoms with E-state index in [-0.39, 0.29) is 11.9 Å². The average Bonchev–Trinajstić information content (AvgIpc) is 2.90. The molecule has 0 spiro atoms. The average molecular weight is 337 g/mol. The van der Waals surface area contributed by atoms with E-state index >= 15 is 0 Å². The van der Waals surface area contributed by atoms with Crippen molar-refractivity contribution in [2.45, 2.75) is 37.0 Å². The van der Waals surface area contributed by atoms with Crippen molar-refractivity contribution in [3.05, 3.63) is 35.2 Å². The van der Waals surface area contributed by atoms with Gasteiger partial charge < -0.3 is 5.32 Å². The third-order valence-corrected chi connectivity index (χ3v) is 6.92. The first kappa shape index (κ1) is 15.5. The van der Waals surface area contributed by atoms with Crippen molar-refractivity contribution in [2.24, 2.45) is 0 Å². The highest BCUT2D eigenvalue weighted by Crippen LogP contribution is 2.27. The molecule has 6 heteroatoms. The SMILES string of the molecule is CS(=O)(=O)[C@@H]1CCCC[C@H]1NC(=O)c1csc2ccccc12. The number of thiophene rings is 1. The predicted octanol–water partition coefficient (Wildman–Crippen LogP) is 2.99. The van der Waals surface area contributed by atoms with Crippen molar-refractivity contribution in [1.82, 2.24) is 5.32 Å². The van der Waals surface area contributed by atoms with Gasteiger partial charge in [0.2, 0.25) is 0 Å². The summed E-state index contributed by atoms with van der Waals surface area (Å²) in [6.45, 7) is 0. The maximum Gasteiger partial charge on any atom is 0.253 e. The Bertz CT molecular complexity index is 795. The Morgan fingerprint density at radius 3 is 2.73 bits per heavy atom. The number of rotatable bonds is 3. The van der Waals surface area contributed by atoms with Gasteiger partial charge in [0.15, 0.2) is 9.84 Å². The highest BCUT2D eigenvalue weighted by molar-refractivity contribution is 7.91. The summed E-state index contributed by atoms with van der Waals surface area (Å²) in [5.74, 6) is -0.169. The first-order valence-corrected chi connectivity index (χ1v) is 10.3. The molecule has 4 nitrogen and oxygen atoms in total. The number of hydrogen-bond donors (Lipinski definition) is 1. The summed E-state index contributed by atoms with van der Waals surface area (Å²) in [5, 5.41) is 5.27. The molecule has 0 aliphatic heterocycles. The van der Waals surface area contributed by atoms with E-state index in [1.807, 2.05) is 29.6 Å². The van der Waals surface area contributed by atoms with Crippen LogP contribution >= 0.6 is 11.3 Å². The molecule has 1 fully saturated rings. The predicted molar refractivity (Wildman–Crippen MR) is 90.2 cm³/mol. The Morgan fingerprint density at radius 2 is 1.95 bits per heavy atom. The molecular formula is C16H19NO3S2. The molecule has 118 valence electrons. The molecule has 0 bridgehead atoms. The molecule has 0 unspecified atom stereocenters. The van der Waals surface area contributed by atoms with Crippen molar-refractivity contribution in [1.29, 1.82) is 0 Å². The van der Waals surface area contributed by atoms with E-state index in [2.05, 4.69) is 5.32 Å². The maximum absolute atomic E-state index is 12.6. The van der Waals surface area contributed by atoms with Crippen LogP contribution < -0.4 is 5.32 Å². The number of carbonyl (C=O) groups is 1. The second-order valence-electron chi connectivity index (χ2n) is 5.88. The van der Waals surface area contributed by atoms with Crippen molar-refractivity contribution in [3.8, 4) is 0 Å². The number of carbonyl (C=O) groups excluding carboxylic acids is 1. The molecule has 1 saturated carbocycles. The number of benzene rings is 1. The van der Waals surface area contributed by atoms with Crippen molar-refractivity contribution in [2.75, 3.05) is 6.26 Å². The van der Waals surface area contributed by atoms with Gasteiger partial charge in [-0.15, -0.1) is 11.3 Å². The second kappa shape index (κ2) is 6.01. The van der Waals surface area contributed by atoms with Gasteiger partial charge >= 0.3 is 0 Å². The van der Waals surface area contributed by atoms with Crippen LogP contribution in [-0.2, 0) is 9.84 Å². The minimum absolute atomic E-state index is 0.169. The molecule has 1 aliphatic rings. The fraction of sp³-hybridized carbons (Fsp3) is 0.438. The summed E-state index contributed by atoms with van der Waals surface area (Å²) in [5.41, 5.74) is 0.637. The quantitative estimate of drug-likeness (QED) is 0.936. The highest BCUT2D eigenvalue weighted by Gasteiger charge is 2.34. The summed E-state index contributed by atoms with van der Waals surface area (Å²) in [4.78, 5) is 12.6. The van der Waals surface area contributed by atoms with Crippen LogP contribution in [0.2, 0.25) is 0 Å². The van der Waals surface area contributed by atoms with Gasteiger partial charge in [-0.05, 0) is 18.9 Å². The van der Waals surface area contributed by atoms with Gasteiger partial charge in [0, 0.05) is 27.8 Å². The zero-order chi connectivity index (χ0) is 15.7. The lowest BCUT2D eigenvalue weighted by Crippen LogP contribution is -2.48. The zero-order valence-electron chi connectivity index (χ0n) is 12.4. The fourth-order valence-corrected chi connectivity index (χ4v) is 5.51. The van der Waals surface area contributed by atoms with Crippen LogP contribution in [0.25, 0.3) is 10.1 Å². The normalized spacial score (nSPS) is 22.6. The van der Waals surface area contributed by atoms with Gasteiger partial charge in [-0.2, -0.15) is 0 Å². The molecule has 2 atom stereocenters.